The zero-order valence-electron chi connectivity index (χ0n) is 14.2. The minimum absolute atomic E-state index is 0.0687. The van der Waals surface area contributed by atoms with Crippen molar-refractivity contribution in [2.75, 3.05) is 36.5 Å². The van der Waals surface area contributed by atoms with E-state index in [1.165, 1.54) is 17.8 Å². The highest BCUT2D eigenvalue weighted by atomic mass is 32.1. The molecule has 0 radical (unpaired) electrons. The van der Waals surface area contributed by atoms with Gasteiger partial charge in [0, 0.05) is 24.5 Å². The Morgan fingerprint density at radius 1 is 1.08 bits per heavy atom. The predicted molar refractivity (Wildman–Crippen MR) is 104 cm³/mol. The predicted octanol–water partition coefficient (Wildman–Crippen LogP) is 3.71. The number of thiocarbonyl (C=S) groups is 1. The Morgan fingerprint density at radius 2 is 1.72 bits per heavy atom. The molecule has 1 heterocycles. The number of nitrogens with zero attached hydrogens (tertiary/aromatic N) is 1. The van der Waals surface area contributed by atoms with Crippen molar-refractivity contribution in [2.45, 2.75) is 13.0 Å². The second kappa shape index (κ2) is 8.27. The van der Waals surface area contributed by atoms with Crippen LogP contribution in [0.1, 0.15) is 18.5 Å². The second-order valence-corrected chi connectivity index (χ2v) is 6.43. The van der Waals surface area contributed by atoms with Crippen molar-refractivity contribution in [3.05, 3.63) is 59.9 Å². The summed E-state index contributed by atoms with van der Waals surface area (Å²) < 4.78 is 18.3. The van der Waals surface area contributed by atoms with E-state index in [1.807, 2.05) is 0 Å². The highest BCUT2D eigenvalue weighted by Gasteiger charge is 2.12. The van der Waals surface area contributed by atoms with Crippen molar-refractivity contribution in [1.82, 2.24) is 5.32 Å². The zero-order chi connectivity index (χ0) is 17.6. The molecular formula is C19H22FN3OS. The maximum absolute atomic E-state index is 12.9. The number of hydrogen-bond donors (Lipinski definition) is 2. The number of hydrogen-bond acceptors (Lipinski definition) is 3. The topological polar surface area (TPSA) is 36.5 Å². The van der Waals surface area contributed by atoms with Gasteiger partial charge in [0.2, 0.25) is 0 Å². The van der Waals surface area contributed by atoms with Crippen LogP contribution in [-0.4, -0.2) is 31.4 Å². The van der Waals surface area contributed by atoms with E-state index in [4.69, 9.17) is 17.0 Å². The molecule has 1 atom stereocenters. The minimum atomic E-state index is -0.266. The smallest absolute Gasteiger partial charge is 0.171 e. The van der Waals surface area contributed by atoms with Crippen molar-refractivity contribution in [1.29, 1.82) is 0 Å². The molecule has 0 amide bonds. The van der Waals surface area contributed by atoms with Crippen molar-refractivity contribution in [2.24, 2.45) is 0 Å². The van der Waals surface area contributed by atoms with Gasteiger partial charge in [-0.1, -0.05) is 12.1 Å². The Bertz CT molecular complexity index is 700. The monoisotopic (exact) mass is 359 g/mol. The van der Waals surface area contributed by atoms with Gasteiger partial charge in [0.05, 0.1) is 19.3 Å². The van der Waals surface area contributed by atoms with Crippen LogP contribution >= 0.6 is 12.2 Å². The fourth-order valence-corrected chi connectivity index (χ4v) is 3.07. The van der Waals surface area contributed by atoms with Crippen LogP contribution in [0, 0.1) is 5.82 Å². The van der Waals surface area contributed by atoms with E-state index < -0.39 is 0 Å². The molecule has 0 saturated carbocycles. The summed E-state index contributed by atoms with van der Waals surface area (Å²) in [6, 6.07) is 14.7. The molecule has 2 aromatic carbocycles. The lowest BCUT2D eigenvalue weighted by Crippen LogP contribution is -2.36. The molecule has 1 aliphatic heterocycles. The second-order valence-electron chi connectivity index (χ2n) is 6.02. The van der Waals surface area contributed by atoms with Gasteiger partial charge in [-0.05, 0) is 61.1 Å². The Morgan fingerprint density at radius 3 is 2.36 bits per heavy atom. The largest absolute Gasteiger partial charge is 0.378 e. The quantitative estimate of drug-likeness (QED) is 0.814. The zero-order valence-corrected chi connectivity index (χ0v) is 15.0. The molecule has 0 aliphatic carbocycles. The standard InChI is InChI=1S/C19H22FN3OS/c1-14(21-19(25)22-17-6-4-16(20)5-7-17)15-2-8-18(9-3-15)23-10-12-24-13-11-23/h2-9,14H,10-13H2,1H3,(H2,21,22,25)/t14-/m0/s1. The summed E-state index contributed by atoms with van der Waals surface area (Å²) in [6.45, 7) is 5.48. The van der Waals surface area contributed by atoms with Gasteiger partial charge in [-0.2, -0.15) is 0 Å². The minimum Gasteiger partial charge on any atom is -0.378 e. The third-order valence-electron chi connectivity index (χ3n) is 4.22. The maximum atomic E-state index is 12.9. The van der Waals surface area contributed by atoms with Gasteiger partial charge in [-0.15, -0.1) is 0 Å². The Balaban J connectivity index is 1.55. The van der Waals surface area contributed by atoms with Crippen molar-refractivity contribution in [3.8, 4) is 0 Å². The van der Waals surface area contributed by atoms with Gasteiger partial charge in [-0.25, -0.2) is 4.39 Å². The van der Waals surface area contributed by atoms with E-state index in [1.54, 1.807) is 12.1 Å². The molecule has 3 rings (SSSR count). The SMILES string of the molecule is C[C@H](NC(=S)Nc1ccc(F)cc1)c1ccc(N2CCOCC2)cc1. The van der Waals surface area contributed by atoms with Crippen LogP contribution in [0.15, 0.2) is 48.5 Å². The van der Waals surface area contributed by atoms with Gasteiger partial charge < -0.3 is 20.3 Å². The Hall–Kier alpha value is -2.18. The molecule has 2 aromatic rings. The molecule has 132 valence electrons. The van der Waals surface area contributed by atoms with Crippen molar-refractivity contribution in [3.63, 3.8) is 0 Å². The lowest BCUT2D eigenvalue weighted by molar-refractivity contribution is 0.122. The molecule has 0 spiro atoms. The number of nitrogens with one attached hydrogen (secondary N) is 2. The highest BCUT2D eigenvalue weighted by Crippen LogP contribution is 2.20. The fraction of sp³-hybridized carbons (Fsp3) is 0.316. The van der Waals surface area contributed by atoms with Crippen LogP contribution in [-0.2, 0) is 4.74 Å². The van der Waals surface area contributed by atoms with Gasteiger partial charge >= 0.3 is 0 Å². The molecule has 6 heteroatoms. The van der Waals surface area contributed by atoms with Gasteiger partial charge in [0.15, 0.2) is 5.11 Å². The van der Waals surface area contributed by atoms with E-state index in [9.17, 15) is 4.39 Å². The Labute approximate surface area is 153 Å². The summed E-state index contributed by atoms with van der Waals surface area (Å²) >= 11 is 5.34. The van der Waals surface area contributed by atoms with Crippen molar-refractivity contribution < 1.29 is 9.13 Å². The number of benzene rings is 2. The van der Waals surface area contributed by atoms with Gasteiger partial charge in [0.25, 0.3) is 0 Å². The summed E-state index contributed by atoms with van der Waals surface area (Å²) in [5, 5.41) is 6.83. The average molecular weight is 359 g/mol. The number of rotatable bonds is 4. The third kappa shape index (κ3) is 4.90. The first-order valence-electron chi connectivity index (χ1n) is 8.37. The van der Waals surface area contributed by atoms with Crippen LogP contribution in [0.2, 0.25) is 0 Å². The van der Waals surface area contributed by atoms with Crippen molar-refractivity contribution >= 4 is 28.7 Å². The number of anilines is 2. The first-order chi connectivity index (χ1) is 12.1. The van der Waals surface area contributed by atoms with Crippen LogP contribution in [0.5, 0.6) is 0 Å². The summed E-state index contributed by atoms with van der Waals surface area (Å²) in [4.78, 5) is 2.33. The summed E-state index contributed by atoms with van der Waals surface area (Å²) in [6.07, 6.45) is 0. The number of halogens is 1. The highest BCUT2D eigenvalue weighted by molar-refractivity contribution is 7.80. The lowest BCUT2D eigenvalue weighted by Gasteiger charge is -2.29. The molecule has 1 fully saturated rings. The maximum Gasteiger partial charge on any atom is 0.171 e. The molecule has 0 aromatic heterocycles. The van der Waals surface area contributed by atoms with E-state index in [-0.39, 0.29) is 11.9 Å². The molecular weight excluding hydrogens is 337 g/mol. The molecule has 0 bridgehead atoms. The van der Waals surface area contributed by atoms with E-state index >= 15 is 0 Å². The summed E-state index contributed by atoms with van der Waals surface area (Å²) in [7, 11) is 0. The van der Waals surface area contributed by atoms with E-state index in [0.29, 0.717) is 5.11 Å². The van der Waals surface area contributed by atoms with E-state index in [0.717, 1.165) is 37.6 Å². The van der Waals surface area contributed by atoms with Gasteiger partial charge in [0.1, 0.15) is 5.82 Å². The van der Waals surface area contributed by atoms with Crippen LogP contribution in [0.4, 0.5) is 15.8 Å². The first-order valence-corrected chi connectivity index (χ1v) is 8.78. The molecule has 1 saturated heterocycles. The molecule has 4 nitrogen and oxygen atoms in total. The van der Waals surface area contributed by atoms with Crippen LogP contribution < -0.4 is 15.5 Å². The number of ether oxygens (including phenoxy) is 1. The average Bonchev–Trinajstić information content (AvgIpc) is 2.64. The summed E-state index contributed by atoms with van der Waals surface area (Å²) in [5.74, 6) is -0.266. The summed E-state index contributed by atoms with van der Waals surface area (Å²) in [5.41, 5.74) is 3.13. The van der Waals surface area contributed by atoms with E-state index in [2.05, 4.69) is 46.7 Å². The molecule has 0 unspecified atom stereocenters. The van der Waals surface area contributed by atoms with Crippen LogP contribution in [0.25, 0.3) is 0 Å². The molecule has 25 heavy (non-hydrogen) atoms. The first kappa shape index (κ1) is 17.6. The van der Waals surface area contributed by atoms with Crippen LogP contribution in [0.3, 0.4) is 0 Å². The van der Waals surface area contributed by atoms with Gasteiger partial charge in [-0.3, -0.25) is 0 Å². The molecule has 2 N–H and O–H groups in total. The molecule has 1 aliphatic rings. The third-order valence-corrected chi connectivity index (χ3v) is 4.44. The Kier molecular flexibility index (Phi) is 5.83. The normalized spacial score (nSPS) is 15.5. The fourth-order valence-electron chi connectivity index (χ4n) is 2.78. The lowest BCUT2D eigenvalue weighted by atomic mass is 10.1. The number of morpholine rings is 1.